The van der Waals surface area contributed by atoms with Crippen LogP contribution in [0.5, 0.6) is 0 Å². The number of hydrogen-bond acceptors (Lipinski definition) is 6. The van der Waals surface area contributed by atoms with E-state index >= 15 is 0 Å². The molecule has 5 atom stereocenters. The molecular formula is C30H61O6PS. The minimum absolute atomic E-state index is 0.324. The van der Waals surface area contributed by atoms with Crippen molar-refractivity contribution in [1.82, 2.24) is 0 Å². The van der Waals surface area contributed by atoms with Crippen LogP contribution in [0.4, 0.5) is 0 Å². The Hall–Kier alpha value is -0.0700. The number of carbonyl (C=O) groups is 1. The van der Waals surface area contributed by atoms with Crippen molar-refractivity contribution in [1.29, 1.82) is 0 Å². The quantitative estimate of drug-likeness (QED) is 0.0354. The summed E-state index contributed by atoms with van der Waals surface area (Å²) >= 11 is 4.68. The standard InChI is InChI=1S/C30H61O6PS/c1-4-7-9-11-13-14-15-17-19-21-23-26(22-20-18-16-12-10-8-5-2)24-28(38)36-27(6-3)35-25-30(33,37-34)29(31)32/h26-28,33,38H,4-25,37H2,1-3H3,(H,31,32). The molecule has 0 heterocycles. The third-order valence-electron chi connectivity index (χ3n) is 7.41. The molecule has 38 heavy (non-hydrogen) atoms. The molecule has 0 bridgehead atoms. The molecule has 0 aromatic carbocycles. The van der Waals surface area contributed by atoms with Crippen molar-refractivity contribution in [2.45, 2.75) is 173 Å². The van der Waals surface area contributed by atoms with E-state index < -0.39 is 32.7 Å². The number of unbranched alkanes of at least 4 members (excludes halogenated alkanes) is 15. The van der Waals surface area contributed by atoms with Crippen molar-refractivity contribution in [2.24, 2.45) is 5.92 Å². The molecule has 0 saturated carbocycles. The monoisotopic (exact) mass is 580 g/mol. The highest BCUT2D eigenvalue weighted by atomic mass is 32.1. The lowest BCUT2D eigenvalue weighted by Gasteiger charge is -2.27. The first-order chi connectivity index (χ1) is 18.3. The van der Waals surface area contributed by atoms with Crippen molar-refractivity contribution in [2.75, 3.05) is 6.61 Å². The Morgan fingerprint density at radius 3 is 1.58 bits per heavy atom. The lowest BCUT2D eigenvalue weighted by atomic mass is 9.91. The van der Waals surface area contributed by atoms with Crippen molar-refractivity contribution < 1.29 is 29.0 Å². The zero-order valence-electron chi connectivity index (χ0n) is 24.8. The molecule has 0 aliphatic carbocycles. The van der Waals surface area contributed by atoms with Crippen LogP contribution in [0.1, 0.15) is 156 Å². The number of aliphatic carboxylic acids is 1. The van der Waals surface area contributed by atoms with E-state index in [1.807, 2.05) is 6.92 Å². The van der Waals surface area contributed by atoms with E-state index in [1.165, 1.54) is 122 Å². The summed E-state index contributed by atoms with van der Waals surface area (Å²) in [6.45, 7) is 5.83. The number of carboxylic acid groups (broad SMARTS) is 1. The average Bonchev–Trinajstić information content (AvgIpc) is 2.90. The van der Waals surface area contributed by atoms with Gasteiger partial charge in [0.15, 0.2) is 6.29 Å². The Morgan fingerprint density at radius 2 is 1.21 bits per heavy atom. The third-order valence-corrected chi connectivity index (χ3v) is 8.55. The van der Waals surface area contributed by atoms with Gasteiger partial charge in [0.25, 0.3) is 0 Å². The number of rotatable bonds is 29. The summed E-state index contributed by atoms with van der Waals surface area (Å²) in [5.74, 6) is -0.993. The summed E-state index contributed by atoms with van der Waals surface area (Å²) in [5, 5.41) is 16.7. The number of ether oxygens (including phenoxy) is 2. The summed E-state index contributed by atoms with van der Waals surface area (Å²) in [7, 11) is -1.93. The molecule has 0 rings (SSSR count). The van der Waals surface area contributed by atoms with Crippen LogP contribution in [0, 0.1) is 5.92 Å². The molecule has 0 saturated heterocycles. The molecule has 6 nitrogen and oxygen atoms in total. The summed E-state index contributed by atoms with van der Waals surface area (Å²) in [6.07, 6.45) is 25.5. The lowest BCUT2D eigenvalue weighted by Crippen LogP contribution is -2.39. The van der Waals surface area contributed by atoms with Crippen LogP contribution in [0.15, 0.2) is 0 Å². The molecule has 0 spiro atoms. The lowest BCUT2D eigenvalue weighted by molar-refractivity contribution is -0.183. The summed E-state index contributed by atoms with van der Waals surface area (Å²) in [5.41, 5.74) is -0.324. The summed E-state index contributed by atoms with van der Waals surface area (Å²) in [6, 6.07) is 0. The average molecular weight is 581 g/mol. The van der Waals surface area contributed by atoms with Gasteiger partial charge in [0, 0.05) is 0 Å². The molecule has 0 aliphatic rings. The largest absolute Gasteiger partial charge is 0.479 e. The molecule has 2 N–H and O–H groups in total. The second-order valence-corrected chi connectivity index (χ2v) is 12.8. The van der Waals surface area contributed by atoms with Gasteiger partial charge in [-0.2, -0.15) is 0 Å². The maximum Gasteiger partial charge on any atom is 0.345 e. The van der Waals surface area contributed by atoms with Gasteiger partial charge in [-0.05, 0) is 18.8 Å². The van der Waals surface area contributed by atoms with E-state index in [0.29, 0.717) is 12.3 Å². The first kappa shape index (κ1) is 37.9. The molecular weight excluding hydrogens is 519 g/mol. The number of thiol groups is 1. The third kappa shape index (κ3) is 20.8. The minimum atomic E-state index is -2.35. The molecule has 228 valence electrons. The zero-order chi connectivity index (χ0) is 28.5. The van der Waals surface area contributed by atoms with E-state index in [2.05, 4.69) is 26.5 Å². The fraction of sp³-hybridized carbons (Fsp3) is 0.967. The van der Waals surface area contributed by atoms with Gasteiger partial charge in [-0.25, -0.2) is 4.79 Å². The van der Waals surface area contributed by atoms with Crippen molar-refractivity contribution in [3.05, 3.63) is 0 Å². The molecule has 5 unspecified atom stereocenters. The topological polar surface area (TPSA) is 93.1 Å². The van der Waals surface area contributed by atoms with Crippen molar-refractivity contribution >= 4 is 27.1 Å². The molecule has 0 amide bonds. The Kier molecular flexibility index (Phi) is 25.8. The fourth-order valence-electron chi connectivity index (χ4n) is 4.83. The van der Waals surface area contributed by atoms with Gasteiger partial charge in [-0.15, -0.1) is 12.6 Å². The van der Waals surface area contributed by atoms with Gasteiger partial charge in [-0.1, -0.05) is 143 Å². The first-order valence-electron chi connectivity index (χ1n) is 15.7. The minimum Gasteiger partial charge on any atom is -0.479 e. The SMILES string of the molecule is CCCCCCCCCCCCC(CCCCCCCCC)CC(S)OC(CC)OCC(O)([PH2]=O)C(=O)O. The second kappa shape index (κ2) is 25.9. The first-order valence-corrected chi connectivity index (χ1v) is 17.3. The van der Waals surface area contributed by atoms with Crippen LogP contribution in [0.2, 0.25) is 0 Å². The summed E-state index contributed by atoms with van der Waals surface area (Å²) < 4.78 is 22.7. The van der Waals surface area contributed by atoms with Crippen LogP contribution in [-0.2, 0) is 18.8 Å². The van der Waals surface area contributed by atoms with Gasteiger partial charge in [-0.3, -0.25) is 0 Å². The Morgan fingerprint density at radius 1 is 0.789 bits per heavy atom. The predicted molar refractivity (Wildman–Crippen MR) is 164 cm³/mol. The maximum absolute atomic E-state index is 11.2. The van der Waals surface area contributed by atoms with Crippen LogP contribution >= 0.6 is 21.1 Å². The second-order valence-electron chi connectivity index (χ2n) is 11.1. The Balaban J connectivity index is 4.53. The molecule has 0 radical (unpaired) electrons. The van der Waals surface area contributed by atoms with E-state index in [0.717, 1.165) is 6.42 Å². The Labute approximate surface area is 241 Å². The van der Waals surface area contributed by atoms with Crippen LogP contribution in [-0.4, -0.2) is 39.9 Å². The van der Waals surface area contributed by atoms with E-state index in [-0.39, 0.29) is 5.44 Å². The van der Waals surface area contributed by atoms with E-state index in [1.54, 1.807) is 0 Å². The maximum atomic E-state index is 11.2. The van der Waals surface area contributed by atoms with Gasteiger partial charge >= 0.3 is 5.97 Å². The highest BCUT2D eigenvalue weighted by Crippen LogP contribution is 2.27. The smallest absolute Gasteiger partial charge is 0.345 e. The summed E-state index contributed by atoms with van der Waals surface area (Å²) in [4.78, 5) is 11.2. The van der Waals surface area contributed by atoms with Crippen LogP contribution in [0.3, 0.4) is 0 Å². The molecule has 8 heteroatoms. The fourth-order valence-corrected chi connectivity index (χ4v) is 5.53. The van der Waals surface area contributed by atoms with Gasteiger partial charge in [0.2, 0.25) is 5.34 Å². The van der Waals surface area contributed by atoms with Gasteiger partial charge < -0.3 is 24.3 Å². The van der Waals surface area contributed by atoms with E-state index in [9.17, 15) is 14.5 Å². The van der Waals surface area contributed by atoms with Crippen molar-refractivity contribution in [3.8, 4) is 0 Å². The normalized spacial score (nSPS) is 16.0. The highest BCUT2D eigenvalue weighted by molar-refractivity contribution is 7.80. The molecule has 0 fully saturated rings. The molecule has 0 aromatic rings. The zero-order valence-corrected chi connectivity index (χ0v) is 26.9. The molecule has 0 aromatic heterocycles. The van der Waals surface area contributed by atoms with E-state index in [4.69, 9.17) is 14.6 Å². The number of carboxylic acids is 1. The predicted octanol–water partition coefficient (Wildman–Crippen LogP) is 9.00. The van der Waals surface area contributed by atoms with Crippen molar-refractivity contribution in [3.63, 3.8) is 0 Å². The van der Waals surface area contributed by atoms with Crippen LogP contribution in [0.25, 0.3) is 0 Å². The Bertz CT molecular complexity index is 567. The highest BCUT2D eigenvalue weighted by Gasteiger charge is 2.36. The van der Waals surface area contributed by atoms with Gasteiger partial charge in [0.1, 0.15) is 13.9 Å². The number of aliphatic hydroxyl groups is 1. The van der Waals surface area contributed by atoms with Gasteiger partial charge in [0.05, 0.1) is 6.61 Å². The van der Waals surface area contributed by atoms with Crippen LogP contribution < -0.4 is 0 Å². The molecule has 0 aliphatic heterocycles. The number of hydrogen-bond donors (Lipinski definition) is 3.